The van der Waals surface area contributed by atoms with Crippen molar-refractivity contribution in [2.75, 3.05) is 0 Å². The predicted octanol–water partition coefficient (Wildman–Crippen LogP) is 1.92. The van der Waals surface area contributed by atoms with E-state index in [1.165, 1.54) is 11.5 Å². The molecule has 0 aliphatic rings. The SMILES string of the molecule is CCCc1nsc(-n2nc(C)c(CC(=O)O)c2C)n1. The summed E-state index contributed by atoms with van der Waals surface area (Å²) >= 11 is 1.29. The zero-order chi connectivity index (χ0) is 14.0. The van der Waals surface area contributed by atoms with E-state index >= 15 is 0 Å². The summed E-state index contributed by atoms with van der Waals surface area (Å²) in [7, 11) is 0. The predicted molar refractivity (Wildman–Crippen MR) is 71.8 cm³/mol. The molecule has 0 fully saturated rings. The van der Waals surface area contributed by atoms with E-state index in [1.54, 1.807) is 4.68 Å². The molecule has 2 heterocycles. The summed E-state index contributed by atoms with van der Waals surface area (Å²) in [5, 5.41) is 14.0. The third-order valence-corrected chi connectivity index (χ3v) is 3.61. The summed E-state index contributed by atoms with van der Waals surface area (Å²) in [6.07, 6.45) is 1.83. The first-order valence-electron chi connectivity index (χ1n) is 6.12. The molecule has 2 aromatic heterocycles. The van der Waals surface area contributed by atoms with Crippen LogP contribution in [0.1, 0.15) is 36.1 Å². The number of rotatable bonds is 5. The van der Waals surface area contributed by atoms with Gasteiger partial charge >= 0.3 is 5.97 Å². The zero-order valence-electron chi connectivity index (χ0n) is 11.2. The van der Waals surface area contributed by atoms with Crippen LogP contribution >= 0.6 is 11.5 Å². The summed E-state index contributed by atoms with van der Waals surface area (Å²) in [4.78, 5) is 15.3. The van der Waals surface area contributed by atoms with Gasteiger partial charge < -0.3 is 5.11 Å². The Hall–Kier alpha value is -1.76. The number of carbonyl (C=O) groups is 1. The summed E-state index contributed by atoms with van der Waals surface area (Å²) < 4.78 is 5.96. The Kier molecular flexibility index (Phi) is 3.94. The number of nitrogens with zero attached hydrogens (tertiary/aromatic N) is 4. The lowest BCUT2D eigenvalue weighted by Gasteiger charge is -1.99. The molecule has 2 rings (SSSR count). The maximum Gasteiger partial charge on any atom is 0.307 e. The van der Waals surface area contributed by atoms with Crippen LogP contribution in [0.2, 0.25) is 0 Å². The van der Waals surface area contributed by atoms with Gasteiger partial charge in [-0.15, -0.1) is 0 Å². The van der Waals surface area contributed by atoms with Crippen LogP contribution in [0, 0.1) is 13.8 Å². The van der Waals surface area contributed by atoms with Crippen molar-refractivity contribution >= 4 is 17.5 Å². The number of hydrogen-bond acceptors (Lipinski definition) is 5. The lowest BCUT2D eigenvalue weighted by atomic mass is 10.1. The highest BCUT2D eigenvalue weighted by Gasteiger charge is 2.17. The van der Waals surface area contributed by atoms with Crippen molar-refractivity contribution in [1.29, 1.82) is 0 Å². The normalized spacial score (nSPS) is 10.9. The Morgan fingerprint density at radius 3 is 2.79 bits per heavy atom. The fourth-order valence-electron chi connectivity index (χ4n) is 1.92. The van der Waals surface area contributed by atoms with Crippen molar-refractivity contribution in [3.05, 3.63) is 22.8 Å². The van der Waals surface area contributed by atoms with Crippen molar-refractivity contribution in [3.8, 4) is 5.13 Å². The second-order valence-electron chi connectivity index (χ2n) is 4.37. The van der Waals surface area contributed by atoms with Crippen LogP contribution in [0.25, 0.3) is 5.13 Å². The smallest absolute Gasteiger partial charge is 0.307 e. The number of aromatic nitrogens is 4. The van der Waals surface area contributed by atoms with E-state index in [2.05, 4.69) is 21.4 Å². The van der Waals surface area contributed by atoms with Gasteiger partial charge in [0.1, 0.15) is 5.82 Å². The Balaban J connectivity index is 2.36. The van der Waals surface area contributed by atoms with Gasteiger partial charge in [0.05, 0.1) is 12.1 Å². The maximum atomic E-state index is 10.8. The Labute approximate surface area is 115 Å². The minimum Gasteiger partial charge on any atom is -0.481 e. The highest BCUT2D eigenvalue weighted by Crippen LogP contribution is 2.20. The molecule has 0 atom stereocenters. The molecular weight excluding hydrogens is 264 g/mol. The van der Waals surface area contributed by atoms with Crippen LogP contribution in [0.4, 0.5) is 0 Å². The van der Waals surface area contributed by atoms with Crippen molar-refractivity contribution < 1.29 is 9.90 Å². The van der Waals surface area contributed by atoms with Crippen molar-refractivity contribution in [2.24, 2.45) is 0 Å². The third kappa shape index (κ3) is 2.81. The van der Waals surface area contributed by atoms with Crippen LogP contribution in [0.5, 0.6) is 0 Å². The molecule has 102 valence electrons. The molecule has 0 radical (unpaired) electrons. The first-order chi connectivity index (χ1) is 9.02. The topological polar surface area (TPSA) is 80.9 Å². The molecule has 0 aromatic carbocycles. The van der Waals surface area contributed by atoms with Gasteiger partial charge in [-0.05, 0) is 20.3 Å². The van der Waals surface area contributed by atoms with E-state index < -0.39 is 5.97 Å². The number of aryl methyl sites for hydroxylation is 2. The Morgan fingerprint density at radius 2 is 2.16 bits per heavy atom. The minimum atomic E-state index is -0.852. The van der Waals surface area contributed by atoms with Crippen LogP contribution in [0.3, 0.4) is 0 Å². The fraction of sp³-hybridized carbons (Fsp3) is 0.500. The highest BCUT2D eigenvalue weighted by atomic mass is 32.1. The monoisotopic (exact) mass is 280 g/mol. The van der Waals surface area contributed by atoms with Gasteiger partial charge in [-0.1, -0.05) is 6.92 Å². The molecule has 0 saturated heterocycles. The van der Waals surface area contributed by atoms with Gasteiger partial charge in [0, 0.05) is 29.2 Å². The molecule has 6 nitrogen and oxygen atoms in total. The van der Waals surface area contributed by atoms with Crippen LogP contribution in [0.15, 0.2) is 0 Å². The second kappa shape index (κ2) is 5.48. The average Bonchev–Trinajstić information content (AvgIpc) is 2.89. The summed E-state index contributed by atoms with van der Waals surface area (Å²) in [5.41, 5.74) is 2.30. The van der Waals surface area contributed by atoms with E-state index in [0.29, 0.717) is 5.13 Å². The Bertz CT molecular complexity index is 603. The van der Waals surface area contributed by atoms with Gasteiger partial charge in [0.25, 0.3) is 0 Å². The number of carboxylic acids is 1. The highest BCUT2D eigenvalue weighted by molar-refractivity contribution is 7.08. The van der Waals surface area contributed by atoms with Crippen LogP contribution < -0.4 is 0 Å². The molecule has 1 N–H and O–H groups in total. The third-order valence-electron chi connectivity index (χ3n) is 2.88. The molecule has 0 amide bonds. The zero-order valence-corrected chi connectivity index (χ0v) is 12.0. The molecule has 0 saturated carbocycles. The van der Waals surface area contributed by atoms with E-state index in [-0.39, 0.29) is 6.42 Å². The standard InChI is InChI=1S/C12H16N4O2S/c1-4-5-10-13-12(19-15-10)16-8(3)9(6-11(17)18)7(2)14-16/h4-6H2,1-3H3,(H,17,18). The molecule has 0 bridgehead atoms. The summed E-state index contributed by atoms with van der Waals surface area (Å²) in [6, 6.07) is 0. The fourth-order valence-corrected chi connectivity index (χ4v) is 2.64. The number of carboxylic acid groups (broad SMARTS) is 1. The first kappa shape index (κ1) is 13.7. The van der Waals surface area contributed by atoms with Gasteiger partial charge in [0.2, 0.25) is 5.13 Å². The molecule has 2 aromatic rings. The summed E-state index contributed by atoms with van der Waals surface area (Å²) in [6.45, 7) is 5.75. The molecule has 0 aliphatic heterocycles. The number of aliphatic carboxylic acids is 1. The number of hydrogen-bond donors (Lipinski definition) is 1. The molecule has 7 heteroatoms. The molecular formula is C12H16N4O2S. The van der Waals surface area contributed by atoms with Crippen LogP contribution in [-0.2, 0) is 17.6 Å². The van der Waals surface area contributed by atoms with E-state index in [1.807, 2.05) is 13.8 Å². The minimum absolute atomic E-state index is 0.0156. The van der Waals surface area contributed by atoms with Crippen molar-refractivity contribution in [2.45, 2.75) is 40.0 Å². The molecule has 0 spiro atoms. The van der Waals surface area contributed by atoms with Gasteiger partial charge in [-0.25, -0.2) is 9.67 Å². The van der Waals surface area contributed by atoms with Gasteiger partial charge in [-0.2, -0.15) is 9.47 Å². The van der Waals surface area contributed by atoms with Crippen LogP contribution in [-0.4, -0.2) is 30.2 Å². The van der Waals surface area contributed by atoms with E-state index in [4.69, 9.17) is 5.11 Å². The molecule has 19 heavy (non-hydrogen) atoms. The molecule has 0 aliphatic carbocycles. The Morgan fingerprint density at radius 1 is 1.42 bits per heavy atom. The lowest BCUT2D eigenvalue weighted by molar-refractivity contribution is -0.136. The molecule has 0 unspecified atom stereocenters. The van der Waals surface area contributed by atoms with Gasteiger partial charge in [0.15, 0.2) is 0 Å². The van der Waals surface area contributed by atoms with E-state index in [0.717, 1.165) is 35.6 Å². The van der Waals surface area contributed by atoms with E-state index in [9.17, 15) is 4.79 Å². The van der Waals surface area contributed by atoms with Crippen molar-refractivity contribution in [3.63, 3.8) is 0 Å². The van der Waals surface area contributed by atoms with Crippen molar-refractivity contribution in [1.82, 2.24) is 19.1 Å². The second-order valence-corrected chi connectivity index (χ2v) is 5.11. The largest absolute Gasteiger partial charge is 0.481 e. The maximum absolute atomic E-state index is 10.8. The quantitative estimate of drug-likeness (QED) is 0.905. The lowest BCUT2D eigenvalue weighted by Crippen LogP contribution is -2.03. The average molecular weight is 280 g/mol. The van der Waals surface area contributed by atoms with Gasteiger partial charge in [-0.3, -0.25) is 4.79 Å². The summed E-state index contributed by atoms with van der Waals surface area (Å²) in [5.74, 6) is -0.0375. The first-order valence-corrected chi connectivity index (χ1v) is 6.90.